The maximum Gasteiger partial charge on any atom is 0.189 e. The molecule has 0 radical (unpaired) electrons. The van der Waals surface area contributed by atoms with Crippen molar-refractivity contribution in [3.63, 3.8) is 0 Å². The van der Waals surface area contributed by atoms with Gasteiger partial charge < -0.3 is 19.5 Å². The third-order valence-electron chi connectivity index (χ3n) is 2.98. The van der Waals surface area contributed by atoms with Crippen LogP contribution in [-0.4, -0.2) is 26.0 Å². The van der Waals surface area contributed by atoms with Crippen molar-refractivity contribution < 1.29 is 14.2 Å². The van der Waals surface area contributed by atoms with E-state index in [0.29, 0.717) is 19.3 Å². The van der Waals surface area contributed by atoms with Crippen molar-refractivity contribution in [2.24, 2.45) is 0 Å². The van der Waals surface area contributed by atoms with E-state index in [0.717, 1.165) is 18.0 Å². The fourth-order valence-corrected chi connectivity index (χ4v) is 1.79. The van der Waals surface area contributed by atoms with Gasteiger partial charge in [-0.15, -0.1) is 0 Å². The summed E-state index contributed by atoms with van der Waals surface area (Å²) in [7, 11) is 0. The molecule has 0 spiro atoms. The molecule has 1 aromatic carbocycles. The molecule has 0 aromatic heterocycles. The fourth-order valence-electron chi connectivity index (χ4n) is 1.79. The van der Waals surface area contributed by atoms with Crippen molar-refractivity contribution in [1.82, 2.24) is 5.32 Å². The second kappa shape index (κ2) is 7.36. The minimum Gasteiger partial charge on any atom is -0.490 e. The van der Waals surface area contributed by atoms with Crippen molar-refractivity contribution in [2.75, 3.05) is 20.0 Å². The molecule has 0 heterocycles. The largest absolute Gasteiger partial charge is 0.490 e. The van der Waals surface area contributed by atoms with Crippen LogP contribution in [0.25, 0.3) is 0 Å². The normalized spacial score (nSPS) is 14.4. The van der Waals surface area contributed by atoms with Crippen molar-refractivity contribution >= 4 is 0 Å². The highest BCUT2D eigenvalue weighted by atomic mass is 16.7. The van der Waals surface area contributed by atoms with Crippen molar-refractivity contribution in [3.8, 4) is 11.5 Å². The Morgan fingerprint density at radius 2 is 1.95 bits per heavy atom. The first-order valence-corrected chi connectivity index (χ1v) is 7.03. The van der Waals surface area contributed by atoms with Gasteiger partial charge >= 0.3 is 0 Å². The zero-order valence-corrected chi connectivity index (χ0v) is 11.8. The van der Waals surface area contributed by atoms with Crippen LogP contribution in [0.1, 0.15) is 32.3 Å². The highest BCUT2D eigenvalue weighted by Crippen LogP contribution is 2.29. The van der Waals surface area contributed by atoms with Crippen LogP contribution in [0.5, 0.6) is 11.5 Å². The van der Waals surface area contributed by atoms with Crippen LogP contribution in [0, 0.1) is 0 Å². The van der Waals surface area contributed by atoms with Gasteiger partial charge in [-0.1, -0.05) is 6.07 Å². The number of ether oxygens (including phenoxy) is 3. The second-order valence-electron chi connectivity index (χ2n) is 4.62. The van der Waals surface area contributed by atoms with E-state index >= 15 is 0 Å². The molecule has 106 valence electrons. The van der Waals surface area contributed by atoms with E-state index in [-0.39, 0.29) is 6.79 Å². The smallest absolute Gasteiger partial charge is 0.189 e. The monoisotopic (exact) mass is 265 g/mol. The molecule has 1 saturated carbocycles. The first kappa shape index (κ1) is 14.2. The summed E-state index contributed by atoms with van der Waals surface area (Å²) in [5, 5.41) is 3.49. The van der Waals surface area contributed by atoms with E-state index in [4.69, 9.17) is 14.2 Å². The van der Waals surface area contributed by atoms with Gasteiger partial charge in [0.25, 0.3) is 0 Å². The summed E-state index contributed by atoms with van der Waals surface area (Å²) in [6, 6.07) is 6.78. The molecule has 0 amide bonds. The Hall–Kier alpha value is -1.26. The highest BCUT2D eigenvalue weighted by molar-refractivity contribution is 5.43. The highest BCUT2D eigenvalue weighted by Gasteiger charge is 2.20. The molecule has 0 atom stereocenters. The van der Waals surface area contributed by atoms with Gasteiger partial charge in [-0.25, -0.2) is 0 Å². The molecular weight excluding hydrogens is 242 g/mol. The van der Waals surface area contributed by atoms with Crippen LogP contribution < -0.4 is 14.8 Å². The summed E-state index contributed by atoms with van der Waals surface area (Å²) in [5.41, 5.74) is 1.22. The third kappa shape index (κ3) is 4.73. The summed E-state index contributed by atoms with van der Waals surface area (Å²) in [4.78, 5) is 0. The number of benzene rings is 1. The van der Waals surface area contributed by atoms with Gasteiger partial charge in [-0.05, 0) is 44.4 Å². The Labute approximate surface area is 115 Å². The first-order valence-electron chi connectivity index (χ1n) is 7.03. The van der Waals surface area contributed by atoms with Gasteiger partial charge in [-0.3, -0.25) is 0 Å². The predicted octanol–water partition coefficient (Wildman–Crippen LogP) is 2.71. The van der Waals surface area contributed by atoms with Crippen molar-refractivity contribution in [1.29, 1.82) is 0 Å². The Kier molecular flexibility index (Phi) is 5.48. The number of hydrogen-bond acceptors (Lipinski definition) is 4. The Morgan fingerprint density at radius 3 is 2.63 bits per heavy atom. The van der Waals surface area contributed by atoms with Gasteiger partial charge in [0, 0.05) is 19.2 Å². The van der Waals surface area contributed by atoms with Crippen LogP contribution in [0.3, 0.4) is 0 Å². The number of rotatable bonds is 9. The molecule has 2 rings (SSSR count). The Morgan fingerprint density at radius 1 is 1.11 bits per heavy atom. The zero-order valence-electron chi connectivity index (χ0n) is 11.8. The second-order valence-corrected chi connectivity index (χ2v) is 4.62. The Bertz CT molecular complexity index is 391. The average Bonchev–Trinajstić information content (AvgIpc) is 3.23. The number of nitrogens with one attached hydrogen (secondary N) is 1. The van der Waals surface area contributed by atoms with E-state index in [9.17, 15) is 0 Å². The van der Waals surface area contributed by atoms with Crippen LogP contribution in [0.4, 0.5) is 0 Å². The SMILES string of the molecule is CCOCOc1ccc(CNC2CC2)cc1OCC. The molecule has 1 N–H and O–H groups in total. The van der Waals surface area contributed by atoms with E-state index < -0.39 is 0 Å². The van der Waals surface area contributed by atoms with Gasteiger partial charge in [-0.2, -0.15) is 0 Å². The molecule has 0 aliphatic heterocycles. The third-order valence-corrected chi connectivity index (χ3v) is 2.98. The molecule has 4 nitrogen and oxygen atoms in total. The van der Waals surface area contributed by atoms with Crippen molar-refractivity contribution in [2.45, 2.75) is 39.3 Å². The van der Waals surface area contributed by atoms with Gasteiger partial charge in [0.1, 0.15) is 0 Å². The summed E-state index contributed by atoms with van der Waals surface area (Å²) in [6.07, 6.45) is 2.60. The van der Waals surface area contributed by atoms with E-state index in [1.165, 1.54) is 18.4 Å². The Balaban J connectivity index is 1.95. The maximum atomic E-state index is 5.62. The maximum absolute atomic E-state index is 5.62. The summed E-state index contributed by atoms with van der Waals surface area (Å²) >= 11 is 0. The van der Waals surface area contributed by atoms with E-state index in [2.05, 4.69) is 11.4 Å². The molecule has 19 heavy (non-hydrogen) atoms. The minimum absolute atomic E-state index is 0.260. The van der Waals surface area contributed by atoms with Crippen LogP contribution in [-0.2, 0) is 11.3 Å². The number of hydrogen-bond donors (Lipinski definition) is 1. The zero-order chi connectivity index (χ0) is 13.5. The van der Waals surface area contributed by atoms with Crippen molar-refractivity contribution in [3.05, 3.63) is 23.8 Å². The lowest BCUT2D eigenvalue weighted by atomic mass is 10.2. The molecule has 4 heteroatoms. The summed E-state index contributed by atoms with van der Waals surface area (Å²) in [6.45, 7) is 6.34. The molecule has 0 unspecified atom stereocenters. The van der Waals surface area contributed by atoms with Crippen LogP contribution in [0.15, 0.2) is 18.2 Å². The lowest BCUT2D eigenvalue weighted by molar-refractivity contribution is 0.0206. The molecular formula is C15H23NO3. The van der Waals surface area contributed by atoms with Crippen LogP contribution in [0.2, 0.25) is 0 Å². The molecule has 0 bridgehead atoms. The molecule has 1 aromatic rings. The minimum atomic E-state index is 0.260. The summed E-state index contributed by atoms with van der Waals surface area (Å²) in [5.74, 6) is 1.53. The van der Waals surface area contributed by atoms with Gasteiger partial charge in [0.2, 0.25) is 0 Å². The molecule has 1 aliphatic carbocycles. The molecule has 1 aliphatic rings. The van der Waals surface area contributed by atoms with Gasteiger partial charge in [0.05, 0.1) is 6.61 Å². The quantitative estimate of drug-likeness (QED) is 0.550. The van der Waals surface area contributed by atoms with E-state index in [1.54, 1.807) is 0 Å². The fraction of sp³-hybridized carbons (Fsp3) is 0.600. The standard InChI is InChI=1S/C15H23NO3/c1-3-17-11-19-14-8-5-12(9-15(14)18-4-2)10-16-13-6-7-13/h5,8-9,13,16H,3-4,6-7,10-11H2,1-2H3. The predicted molar refractivity (Wildman–Crippen MR) is 74.6 cm³/mol. The lowest BCUT2D eigenvalue weighted by Gasteiger charge is -2.13. The van der Waals surface area contributed by atoms with E-state index in [1.807, 2.05) is 26.0 Å². The lowest BCUT2D eigenvalue weighted by Crippen LogP contribution is -2.15. The average molecular weight is 265 g/mol. The molecule has 0 saturated heterocycles. The summed E-state index contributed by atoms with van der Waals surface area (Å²) < 4.78 is 16.4. The topological polar surface area (TPSA) is 39.7 Å². The first-order chi connectivity index (χ1) is 9.33. The molecule has 1 fully saturated rings. The van der Waals surface area contributed by atoms with Gasteiger partial charge in [0.15, 0.2) is 18.3 Å². The van der Waals surface area contributed by atoms with Crippen LogP contribution >= 0.6 is 0 Å².